The number of aromatic nitrogens is 4. The van der Waals surface area contributed by atoms with E-state index in [0.29, 0.717) is 35.7 Å². The number of benzene rings is 1. The predicted molar refractivity (Wildman–Crippen MR) is 127 cm³/mol. The maximum absolute atomic E-state index is 11.5. The molecule has 0 saturated heterocycles. The fourth-order valence-corrected chi connectivity index (χ4v) is 5.50. The summed E-state index contributed by atoms with van der Waals surface area (Å²) in [5, 5.41) is 17.7. The van der Waals surface area contributed by atoms with Crippen molar-refractivity contribution < 1.29 is 9.90 Å². The highest BCUT2D eigenvalue weighted by atomic mass is 32.2. The maximum Gasteiger partial charge on any atom is 0.385 e. The predicted octanol–water partition coefficient (Wildman–Crippen LogP) is 5.21. The van der Waals surface area contributed by atoms with Crippen LogP contribution in [0.3, 0.4) is 0 Å². The van der Waals surface area contributed by atoms with Crippen molar-refractivity contribution in [2.24, 2.45) is 11.8 Å². The molecule has 170 valence electrons. The van der Waals surface area contributed by atoms with Crippen LogP contribution < -0.4 is 4.31 Å². The van der Waals surface area contributed by atoms with Crippen molar-refractivity contribution in [2.75, 3.05) is 10.8 Å². The van der Waals surface area contributed by atoms with Crippen LogP contribution in [0.5, 0.6) is 0 Å². The second kappa shape index (κ2) is 9.40. The van der Waals surface area contributed by atoms with Gasteiger partial charge in [0.2, 0.25) is 0 Å². The first-order valence-corrected chi connectivity index (χ1v) is 12.2. The van der Waals surface area contributed by atoms with Crippen LogP contribution in [0.15, 0.2) is 36.9 Å². The zero-order valence-electron chi connectivity index (χ0n) is 18.3. The van der Waals surface area contributed by atoms with Crippen LogP contribution in [0.25, 0.3) is 11.0 Å². The van der Waals surface area contributed by atoms with E-state index in [9.17, 15) is 15.2 Å². The summed E-state index contributed by atoms with van der Waals surface area (Å²) in [6, 6.07) is 7.80. The summed E-state index contributed by atoms with van der Waals surface area (Å²) < 4.78 is 3.93. The minimum atomic E-state index is -0.936. The van der Waals surface area contributed by atoms with Crippen LogP contribution >= 0.6 is 11.9 Å². The number of hydrogen-bond donors (Lipinski definition) is 1. The standard InChI is InChI=1S/C24H26N6O2S/c25-10-16-4-7-20-22(9-16)29(15-28-20)13-17-2-1-3-18(8-17)14-30(33-24(31)32)23-12-26-21(11-27-23)19-5-6-19/h4,7,9,11-12,15,17-19H,1-3,5-6,8,13-14H2,(H,31,32). The molecule has 0 aliphatic heterocycles. The fourth-order valence-electron chi connectivity index (χ4n) is 4.84. The Kier molecular flexibility index (Phi) is 6.18. The van der Waals surface area contributed by atoms with Gasteiger partial charge in [-0.05, 0) is 62.1 Å². The molecule has 2 aliphatic rings. The molecule has 5 rings (SSSR count). The Labute approximate surface area is 196 Å². The van der Waals surface area contributed by atoms with E-state index >= 15 is 0 Å². The Morgan fingerprint density at radius 2 is 2.03 bits per heavy atom. The number of fused-ring (bicyclic) bond motifs is 1. The van der Waals surface area contributed by atoms with E-state index < -0.39 is 5.30 Å². The molecule has 3 aromatic rings. The third-order valence-corrected chi connectivity index (χ3v) is 7.33. The third-order valence-electron chi connectivity index (χ3n) is 6.62. The van der Waals surface area contributed by atoms with Crippen molar-refractivity contribution in [1.29, 1.82) is 5.26 Å². The number of nitriles is 1. The molecule has 0 amide bonds. The molecule has 0 spiro atoms. The second-order valence-corrected chi connectivity index (χ2v) is 10.1. The van der Waals surface area contributed by atoms with Crippen LogP contribution in [-0.2, 0) is 6.54 Å². The van der Waals surface area contributed by atoms with Crippen molar-refractivity contribution in [1.82, 2.24) is 19.5 Å². The van der Waals surface area contributed by atoms with Gasteiger partial charge < -0.3 is 9.67 Å². The number of rotatable bonds is 7. The van der Waals surface area contributed by atoms with E-state index in [0.717, 1.165) is 73.7 Å². The van der Waals surface area contributed by atoms with Gasteiger partial charge in [0.05, 0.1) is 59.0 Å². The lowest BCUT2D eigenvalue weighted by molar-refractivity contribution is 0.222. The molecule has 0 radical (unpaired) electrons. The smallest absolute Gasteiger partial charge is 0.385 e. The quantitative estimate of drug-likeness (QED) is 0.477. The fraction of sp³-hybridized carbons (Fsp3) is 0.458. The van der Waals surface area contributed by atoms with E-state index in [-0.39, 0.29) is 0 Å². The van der Waals surface area contributed by atoms with Crippen molar-refractivity contribution >= 4 is 34.1 Å². The van der Waals surface area contributed by atoms with Gasteiger partial charge in [-0.3, -0.25) is 9.29 Å². The minimum absolute atomic E-state index is 0.380. The average molecular weight is 463 g/mol. The number of hydrogen-bond acceptors (Lipinski definition) is 7. The largest absolute Gasteiger partial charge is 0.472 e. The highest BCUT2D eigenvalue weighted by molar-refractivity contribution is 8.14. The van der Waals surface area contributed by atoms with E-state index in [4.69, 9.17) is 0 Å². The SMILES string of the molecule is N#Cc1ccc2ncn(CC3CCCC(CN(SC(=O)O)c4cnc(C5CC5)cn4)C3)c2c1. The molecule has 2 fully saturated rings. The maximum atomic E-state index is 11.5. The summed E-state index contributed by atoms with van der Waals surface area (Å²) >= 11 is 0.790. The Hall–Kier alpha value is -3.12. The Bertz CT molecular complexity index is 1180. The van der Waals surface area contributed by atoms with E-state index in [1.807, 2.05) is 18.5 Å². The molecule has 2 atom stereocenters. The van der Waals surface area contributed by atoms with E-state index in [1.54, 1.807) is 22.8 Å². The van der Waals surface area contributed by atoms with Gasteiger partial charge in [0.15, 0.2) is 5.82 Å². The normalized spacial score (nSPS) is 20.5. The van der Waals surface area contributed by atoms with Gasteiger partial charge in [0.1, 0.15) is 0 Å². The van der Waals surface area contributed by atoms with Crippen LogP contribution in [0.2, 0.25) is 0 Å². The Morgan fingerprint density at radius 3 is 2.76 bits per heavy atom. The van der Waals surface area contributed by atoms with Gasteiger partial charge in [-0.15, -0.1) is 0 Å². The first kappa shape index (κ1) is 21.7. The van der Waals surface area contributed by atoms with Gasteiger partial charge in [0.25, 0.3) is 0 Å². The molecule has 2 saturated carbocycles. The summed E-state index contributed by atoms with van der Waals surface area (Å²) in [5.41, 5.74) is 3.54. The van der Waals surface area contributed by atoms with E-state index in [2.05, 4.69) is 25.6 Å². The molecule has 2 aromatic heterocycles. The lowest BCUT2D eigenvalue weighted by Gasteiger charge is -2.32. The number of carbonyl (C=O) groups is 1. The third kappa shape index (κ3) is 5.11. The molecule has 9 heteroatoms. The van der Waals surface area contributed by atoms with E-state index in [1.165, 1.54) is 0 Å². The van der Waals surface area contributed by atoms with Crippen molar-refractivity contribution in [3.05, 3.63) is 48.2 Å². The molecule has 33 heavy (non-hydrogen) atoms. The molecule has 2 heterocycles. The summed E-state index contributed by atoms with van der Waals surface area (Å²) in [6.45, 7) is 1.48. The topological polar surface area (TPSA) is 108 Å². The van der Waals surface area contributed by atoms with Crippen molar-refractivity contribution in [3.63, 3.8) is 0 Å². The number of imidazole rings is 1. The van der Waals surface area contributed by atoms with Gasteiger partial charge in [-0.1, -0.05) is 6.42 Å². The summed E-state index contributed by atoms with van der Waals surface area (Å²) in [7, 11) is 0. The minimum Gasteiger partial charge on any atom is -0.472 e. The summed E-state index contributed by atoms with van der Waals surface area (Å²) in [4.78, 5) is 25.0. The zero-order valence-corrected chi connectivity index (χ0v) is 19.1. The van der Waals surface area contributed by atoms with Crippen LogP contribution in [0, 0.1) is 23.2 Å². The highest BCUT2D eigenvalue weighted by Gasteiger charge is 2.28. The second-order valence-electron chi connectivity index (χ2n) is 9.10. The first-order chi connectivity index (χ1) is 16.1. The number of anilines is 1. The van der Waals surface area contributed by atoms with Gasteiger partial charge in [-0.2, -0.15) is 5.26 Å². The van der Waals surface area contributed by atoms with Crippen molar-refractivity contribution in [2.45, 2.75) is 51.0 Å². The first-order valence-electron chi connectivity index (χ1n) is 11.4. The molecular formula is C24H26N6O2S. The van der Waals surface area contributed by atoms with Gasteiger partial charge in [-0.25, -0.2) is 14.8 Å². The summed E-state index contributed by atoms with van der Waals surface area (Å²) in [6.07, 6.45) is 12.0. The average Bonchev–Trinajstić information content (AvgIpc) is 3.60. The Morgan fingerprint density at radius 1 is 1.18 bits per heavy atom. The highest BCUT2D eigenvalue weighted by Crippen LogP contribution is 2.39. The molecule has 1 aromatic carbocycles. The lowest BCUT2D eigenvalue weighted by atomic mass is 9.81. The zero-order chi connectivity index (χ0) is 22.8. The van der Waals surface area contributed by atoms with Gasteiger partial charge >= 0.3 is 5.30 Å². The molecule has 0 bridgehead atoms. The molecule has 8 nitrogen and oxygen atoms in total. The number of nitrogens with zero attached hydrogens (tertiary/aromatic N) is 6. The monoisotopic (exact) mass is 462 g/mol. The molecular weight excluding hydrogens is 436 g/mol. The molecule has 2 unspecified atom stereocenters. The molecule has 2 aliphatic carbocycles. The van der Waals surface area contributed by atoms with Crippen molar-refractivity contribution in [3.8, 4) is 6.07 Å². The van der Waals surface area contributed by atoms with Crippen LogP contribution in [0.4, 0.5) is 10.6 Å². The lowest BCUT2D eigenvalue weighted by Crippen LogP contribution is -2.30. The number of carboxylic acid groups (broad SMARTS) is 1. The van der Waals surface area contributed by atoms with Crippen LogP contribution in [-0.4, -0.2) is 36.5 Å². The molecule has 1 N–H and O–H groups in total. The van der Waals surface area contributed by atoms with Gasteiger partial charge in [0, 0.05) is 19.0 Å². The Balaban J connectivity index is 1.27. The van der Waals surface area contributed by atoms with Crippen LogP contribution in [0.1, 0.15) is 55.7 Å². The summed E-state index contributed by atoms with van der Waals surface area (Å²) in [5.74, 6) is 1.99.